The van der Waals surface area contributed by atoms with Gasteiger partial charge < -0.3 is 4.74 Å². The fourth-order valence-electron chi connectivity index (χ4n) is 1.98. The van der Waals surface area contributed by atoms with Gasteiger partial charge in [-0.05, 0) is 19.2 Å². The number of ether oxygens (including phenoxy) is 1. The van der Waals surface area contributed by atoms with Gasteiger partial charge >= 0.3 is 0 Å². The summed E-state index contributed by atoms with van der Waals surface area (Å²) in [5.74, 6) is 0. The van der Waals surface area contributed by atoms with Crippen LogP contribution < -0.4 is 0 Å². The van der Waals surface area contributed by atoms with Gasteiger partial charge in [0.25, 0.3) is 0 Å². The van der Waals surface area contributed by atoms with Gasteiger partial charge in [0, 0.05) is 37.8 Å². The van der Waals surface area contributed by atoms with E-state index < -0.39 is 0 Å². The highest BCUT2D eigenvalue weighted by Crippen LogP contribution is 2.19. The topological polar surface area (TPSA) is 51.1 Å². The van der Waals surface area contributed by atoms with Gasteiger partial charge in [-0.1, -0.05) is 6.07 Å². The molecule has 5 nitrogen and oxygen atoms in total. The zero-order valence-corrected chi connectivity index (χ0v) is 11.2. The summed E-state index contributed by atoms with van der Waals surface area (Å²) in [5.41, 5.74) is 2.07. The van der Waals surface area contributed by atoms with Crippen molar-refractivity contribution in [3.8, 4) is 0 Å². The van der Waals surface area contributed by atoms with E-state index >= 15 is 0 Å². The maximum absolute atomic E-state index is 5.30. The molecule has 5 heteroatoms. The van der Waals surface area contributed by atoms with Gasteiger partial charge in [-0.15, -0.1) is 0 Å². The fraction of sp³-hybridized carbons (Fsp3) is 0.357. The van der Waals surface area contributed by atoms with E-state index in [0.29, 0.717) is 6.61 Å². The van der Waals surface area contributed by atoms with E-state index in [4.69, 9.17) is 4.74 Å². The average molecular weight is 258 g/mol. The highest BCUT2D eigenvalue weighted by molar-refractivity contribution is 5.10. The number of hydrogen-bond acceptors (Lipinski definition) is 5. The summed E-state index contributed by atoms with van der Waals surface area (Å²) in [6.07, 6.45) is 6.99. The van der Waals surface area contributed by atoms with Crippen LogP contribution in [-0.2, 0) is 11.3 Å². The van der Waals surface area contributed by atoms with Crippen molar-refractivity contribution >= 4 is 0 Å². The standard InChI is InChI=1S/C14H18N4O/c1-18(9-12-7-15-11-16-8-12)14(10-19-2)13-5-3-4-6-17-13/h3-8,11,14H,9-10H2,1-2H3. The molecule has 0 saturated heterocycles. The molecule has 2 heterocycles. The van der Waals surface area contributed by atoms with Gasteiger partial charge in [-0.2, -0.15) is 0 Å². The van der Waals surface area contributed by atoms with Gasteiger partial charge in [0.05, 0.1) is 18.3 Å². The second-order valence-electron chi connectivity index (χ2n) is 4.39. The number of likely N-dealkylation sites (N-methyl/N-ethyl adjacent to an activating group) is 1. The molecule has 0 spiro atoms. The summed E-state index contributed by atoms with van der Waals surface area (Å²) in [4.78, 5) is 14.7. The molecular formula is C14H18N4O. The Hall–Kier alpha value is -1.85. The molecule has 19 heavy (non-hydrogen) atoms. The van der Waals surface area contributed by atoms with Crippen molar-refractivity contribution in [2.24, 2.45) is 0 Å². The zero-order chi connectivity index (χ0) is 13.5. The molecule has 0 aromatic carbocycles. The lowest BCUT2D eigenvalue weighted by molar-refractivity contribution is 0.0999. The Morgan fingerprint density at radius 2 is 2.05 bits per heavy atom. The molecule has 0 fully saturated rings. The predicted molar refractivity (Wildman–Crippen MR) is 72.4 cm³/mol. The number of rotatable bonds is 6. The first-order valence-electron chi connectivity index (χ1n) is 6.15. The van der Waals surface area contributed by atoms with Crippen molar-refractivity contribution in [3.63, 3.8) is 0 Å². The summed E-state index contributed by atoms with van der Waals surface area (Å²) >= 11 is 0. The molecule has 1 unspecified atom stereocenters. The van der Waals surface area contributed by atoms with Crippen LogP contribution in [0.2, 0.25) is 0 Å². The van der Waals surface area contributed by atoms with Crippen LogP contribution in [0.15, 0.2) is 43.1 Å². The minimum absolute atomic E-state index is 0.117. The van der Waals surface area contributed by atoms with Crippen LogP contribution in [0.1, 0.15) is 17.3 Å². The molecular weight excluding hydrogens is 240 g/mol. The van der Waals surface area contributed by atoms with Crippen molar-refractivity contribution < 1.29 is 4.74 Å². The first-order chi connectivity index (χ1) is 9.31. The van der Waals surface area contributed by atoms with Gasteiger partial charge in [-0.3, -0.25) is 9.88 Å². The molecule has 0 radical (unpaired) electrons. The average Bonchev–Trinajstić information content (AvgIpc) is 2.46. The Morgan fingerprint density at radius 1 is 1.26 bits per heavy atom. The normalized spacial score (nSPS) is 12.6. The van der Waals surface area contributed by atoms with Crippen LogP contribution in [0.5, 0.6) is 0 Å². The number of aromatic nitrogens is 3. The minimum atomic E-state index is 0.117. The first kappa shape index (κ1) is 13.6. The third-order valence-corrected chi connectivity index (χ3v) is 2.93. The molecule has 100 valence electrons. The SMILES string of the molecule is COCC(c1ccccn1)N(C)Cc1cncnc1. The Labute approximate surface area is 113 Å². The molecule has 0 aliphatic heterocycles. The van der Waals surface area contributed by atoms with Crippen molar-refractivity contribution in [3.05, 3.63) is 54.4 Å². The summed E-state index contributed by atoms with van der Waals surface area (Å²) in [5, 5.41) is 0. The molecule has 2 aromatic heterocycles. The quantitative estimate of drug-likeness (QED) is 0.789. The highest BCUT2D eigenvalue weighted by atomic mass is 16.5. The van der Waals surface area contributed by atoms with Crippen molar-refractivity contribution in [1.29, 1.82) is 0 Å². The van der Waals surface area contributed by atoms with Crippen LogP contribution in [0.4, 0.5) is 0 Å². The molecule has 0 aliphatic rings. The van der Waals surface area contributed by atoms with E-state index in [2.05, 4.69) is 19.9 Å². The van der Waals surface area contributed by atoms with Gasteiger partial charge in [-0.25, -0.2) is 9.97 Å². The molecule has 0 N–H and O–H groups in total. The second kappa shape index (κ2) is 6.92. The second-order valence-corrected chi connectivity index (χ2v) is 4.39. The fourth-order valence-corrected chi connectivity index (χ4v) is 1.98. The Kier molecular flexibility index (Phi) is 4.94. The smallest absolute Gasteiger partial charge is 0.115 e. The van der Waals surface area contributed by atoms with E-state index in [1.54, 1.807) is 13.3 Å². The Bertz CT molecular complexity index is 477. The molecule has 0 bridgehead atoms. The van der Waals surface area contributed by atoms with E-state index in [1.807, 2.05) is 37.6 Å². The van der Waals surface area contributed by atoms with Crippen molar-refractivity contribution in [1.82, 2.24) is 19.9 Å². The van der Waals surface area contributed by atoms with E-state index in [9.17, 15) is 0 Å². The lowest BCUT2D eigenvalue weighted by atomic mass is 10.1. The predicted octanol–water partition coefficient (Wildman–Crippen LogP) is 1.69. The zero-order valence-electron chi connectivity index (χ0n) is 11.2. The number of methoxy groups -OCH3 is 1. The number of hydrogen-bond donors (Lipinski definition) is 0. The van der Waals surface area contributed by atoms with Crippen LogP contribution in [0.25, 0.3) is 0 Å². The molecule has 1 atom stereocenters. The number of pyridine rings is 1. The molecule has 2 aromatic rings. The van der Waals surface area contributed by atoms with Crippen LogP contribution in [0, 0.1) is 0 Å². The Balaban J connectivity index is 2.11. The van der Waals surface area contributed by atoms with E-state index in [0.717, 1.165) is 17.8 Å². The summed E-state index contributed by atoms with van der Waals surface area (Å²) < 4.78 is 5.30. The van der Waals surface area contributed by atoms with E-state index in [-0.39, 0.29) is 6.04 Å². The highest BCUT2D eigenvalue weighted by Gasteiger charge is 2.18. The van der Waals surface area contributed by atoms with Crippen LogP contribution >= 0.6 is 0 Å². The molecule has 2 rings (SSSR count). The van der Waals surface area contributed by atoms with Gasteiger partial charge in [0.15, 0.2) is 0 Å². The monoisotopic (exact) mass is 258 g/mol. The van der Waals surface area contributed by atoms with Crippen LogP contribution in [0.3, 0.4) is 0 Å². The van der Waals surface area contributed by atoms with Crippen molar-refractivity contribution in [2.75, 3.05) is 20.8 Å². The van der Waals surface area contributed by atoms with Gasteiger partial charge in [0.1, 0.15) is 6.33 Å². The third-order valence-electron chi connectivity index (χ3n) is 2.93. The molecule has 0 aliphatic carbocycles. The molecule has 0 amide bonds. The minimum Gasteiger partial charge on any atom is -0.383 e. The summed E-state index contributed by atoms with van der Waals surface area (Å²) in [7, 11) is 3.75. The Morgan fingerprint density at radius 3 is 2.68 bits per heavy atom. The maximum Gasteiger partial charge on any atom is 0.115 e. The first-order valence-corrected chi connectivity index (χ1v) is 6.15. The molecule has 0 saturated carbocycles. The lowest BCUT2D eigenvalue weighted by Gasteiger charge is -2.26. The summed E-state index contributed by atoms with van der Waals surface area (Å²) in [6, 6.07) is 6.04. The summed E-state index contributed by atoms with van der Waals surface area (Å²) in [6.45, 7) is 1.35. The van der Waals surface area contributed by atoms with Crippen LogP contribution in [-0.4, -0.2) is 40.6 Å². The third kappa shape index (κ3) is 3.81. The largest absolute Gasteiger partial charge is 0.383 e. The van der Waals surface area contributed by atoms with Crippen molar-refractivity contribution in [2.45, 2.75) is 12.6 Å². The number of nitrogens with zero attached hydrogens (tertiary/aromatic N) is 4. The van der Waals surface area contributed by atoms with Gasteiger partial charge in [0.2, 0.25) is 0 Å². The lowest BCUT2D eigenvalue weighted by Crippen LogP contribution is -2.28. The maximum atomic E-state index is 5.30. The van der Waals surface area contributed by atoms with E-state index in [1.165, 1.54) is 6.33 Å².